The van der Waals surface area contributed by atoms with Gasteiger partial charge in [-0.15, -0.1) is 0 Å². The molecule has 0 aliphatic carbocycles. The molecule has 2 rings (SSSR count). The molecule has 0 unspecified atom stereocenters. The molecule has 92 valence electrons. The second-order valence-electron chi connectivity index (χ2n) is 4.36. The Labute approximate surface area is 99.1 Å². The monoisotopic (exact) mass is 238 g/mol. The van der Waals surface area contributed by atoms with Crippen LogP contribution in [0.1, 0.15) is 19.3 Å². The van der Waals surface area contributed by atoms with E-state index in [2.05, 4.69) is 9.88 Å². The molecule has 1 N–H and O–H groups in total. The molecule has 17 heavy (non-hydrogen) atoms. The third-order valence-corrected chi connectivity index (χ3v) is 3.11. The maximum absolute atomic E-state index is 12.7. The molecule has 1 aromatic heterocycles. The van der Waals surface area contributed by atoms with Crippen molar-refractivity contribution in [3.63, 3.8) is 0 Å². The Hall–Kier alpha value is -1.65. The van der Waals surface area contributed by atoms with Crippen molar-refractivity contribution in [2.24, 2.45) is 5.92 Å². The number of halogens is 1. The van der Waals surface area contributed by atoms with Crippen LogP contribution >= 0.6 is 0 Å². The van der Waals surface area contributed by atoms with Crippen LogP contribution in [0.3, 0.4) is 0 Å². The fourth-order valence-electron chi connectivity index (χ4n) is 2.17. The van der Waals surface area contributed by atoms with E-state index in [1.165, 1.54) is 12.3 Å². The molecule has 1 aromatic rings. The molecule has 5 heteroatoms. The summed E-state index contributed by atoms with van der Waals surface area (Å²) < 4.78 is 12.7. The minimum Gasteiger partial charge on any atom is -0.481 e. The number of carboxylic acid groups (broad SMARTS) is 1. The van der Waals surface area contributed by atoms with Gasteiger partial charge in [-0.05, 0) is 30.9 Å². The highest BCUT2D eigenvalue weighted by Gasteiger charge is 2.21. The lowest BCUT2D eigenvalue weighted by atomic mass is 9.94. The van der Waals surface area contributed by atoms with Crippen LogP contribution in [-0.2, 0) is 4.79 Å². The number of pyridine rings is 1. The maximum Gasteiger partial charge on any atom is 0.303 e. The number of anilines is 1. The maximum atomic E-state index is 12.7. The summed E-state index contributed by atoms with van der Waals surface area (Å²) in [5.74, 6) is -0.0535. The summed E-state index contributed by atoms with van der Waals surface area (Å²) in [6.45, 7) is 1.58. The minimum absolute atomic E-state index is 0.241. The normalized spacial score (nSPS) is 17.1. The molecule has 1 aliphatic heterocycles. The molecular weight excluding hydrogens is 223 g/mol. The first-order chi connectivity index (χ1) is 8.15. The molecule has 1 aliphatic rings. The summed E-state index contributed by atoms with van der Waals surface area (Å²) in [5, 5.41) is 8.71. The van der Waals surface area contributed by atoms with E-state index in [0.29, 0.717) is 0 Å². The van der Waals surface area contributed by atoms with Gasteiger partial charge in [0.05, 0.1) is 6.20 Å². The fourth-order valence-corrected chi connectivity index (χ4v) is 2.17. The Balaban J connectivity index is 1.90. The third-order valence-electron chi connectivity index (χ3n) is 3.11. The number of carbonyl (C=O) groups is 1. The Bertz CT molecular complexity index is 386. The molecule has 0 saturated carbocycles. The number of rotatable bonds is 3. The first-order valence-electron chi connectivity index (χ1n) is 5.73. The summed E-state index contributed by atoms with van der Waals surface area (Å²) >= 11 is 0. The Morgan fingerprint density at radius 1 is 1.47 bits per heavy atom. The molecular formula is C12H15FN2O2. The summed E-state index contributed by atoms with van der Waals surface area (Å²) in [7, 11) is 0. The highest BCUT2D eigenvalue weighted by Crippen LogP contribution is 2.23. The summed E-state index contributed by atoms with van der Waals surface area (Å²) in [6, 6.07) is 3.05. The molecule has 1 saturated heterocycles. The fraction of sp³-hybridized carbons (Fsp3) is 0.500. The summed E-state index contributed by atoms with van der Waals surface area (Å²) in [6.07, 6.45) is 3.15. The zero-order chi connectivity index (χ0) is 12.3. The molecule has 4 nitrogen and oxygen atoms in total. The van der Waals surface area contributed by atoms with E-state index < -0.39 is 5.97 Å². The lowest BCUT2D eigenvalue weighted by Crippen LogP contribution is -2.34. The van der Waals surface area contributed by atoms with Crippen molar-refractivity contribution in [3.8, 4) is 0 Å². The smallest absolute Gasteiger partial charge is 0.303 e. The predicted molar refractivity (Wildman–Crippen MR) is 61.4 cm³/mol. The molecule has 0 radical (unpaired) electrons. The van der Waals surface area contributed by atoms with E-state index in [0.717, 1.165) is 31.7 Å². The first-order valence-corrected chi connectivity index (χ1v) is 5.73. The van der Waals surface area contributed by atoms with E-state index in [1.54, 1.807) is 6.07 Å². The van der Waals surface area contributed by atoms with Crippen LogP contribution in [-0.4, -0.2) is 29.1 Å². The van der Waals surface area contributed by atoms with Crippen molar-refractivity contribution in [2.45, 2.75) is 19.3 Å². The Morgan fingerprint density at radius 3 is 2.71 bits per heavy atom. The van der Waals surface area contributed by atoms with Gasteiger partial charge < -0.3 is 10.0 Å². The lowest BCUT2D eigenvalue weighted by molar-refractivity contribution is -0.138. The van der Waals surface area contributed by atoms with E-state index in [9.17, 15) is 9.18 Å². The highest BCUT2D eigenvalue weighted by atomic mass is 19.1. The molecule has 2 heterocycles. The zero-order valence-electron chi connectivity index (χ0n) is 9.47. The molecule has 0 amide bonds. The predicted octanol–water partition coefficient (Wildman–Crippen LogP) is 1.91. The van der Waals surface area contributed by atoms with E-state index >= 15 is 0 Å². The van der Waals surface area contributed by atoms with E-state index in [-0.39, 0.29) is 18.2 Å². The van der Waals surface area contributed by atoms with Crippen LogP contribution in [0, 0.1) is 11.7 Å². The number of aliphatic carboxylic acids is 1. The van der Waals surface area contributed by atoms with Crippen molar-refractivity contribution >= 4 is 11.8 Å². The number of hydrogen-bond donors (Lipinski definition) is 1. The van der Waals surface area contributed by atoms with Gasteiger partial charge in [-0.1, -0.05) is 0 Å². The number of aromatic nitrogens is 1. The molecule has 0 bridgehead atoms. The van der Waals surface area contributed by atoms with Gasteiger partial charge in [-0.3, -0.25) is 4.79 Å². The minimum atomic E-state index is -0.733. The van der Waals surface area contributed by atoms with Crippen LogP contribution in [0.15, 0.2) is 18.3 Å². The van der Waals surface area contributed by atoms with Crippen LogP contribution in [0.2, 0.25) is 0 Å². The average molecular weight is 238 g/mol. The van der Waals surface area contributed by atoms with E-state index in [1.807, 2.05) is 0 Å². The van der Waals surface area contributed by atoms with Crippen LogP contribution in [0.4, 0.5) is 10.2 Å². The van der Waals surface area contributed by atoms with Crippen molar-refractivity contribution in [1.29, 1.82) is 0 Å². The second kappa shape index (κ2) is 5.12. The summed E-state index contributed by atoms with van der Waals surface area (Å²) in [4.78, 5) is 16.7. The van der Waals surface area contributed by atoms with Gasteiger partial charge in [0.15, 0.2) is 0 Å². The Morgan fingerprint density at radius 2 is 2.18 bits per heavy atom. The standard InChI is InChI=1S/C12H15FN2O2/c13-10-1-2-11(14-8-10)15-5-3-9(4-6-15)7-12(16)17/h1-2,8-9H,3-7H2,(H,16,17). The van der Waals surface area contributed by atoms with Gasteiger partial charge in [-0.25, -0.2) is 9.37 Å². The molecule has 0 aromatic carbocycles. The number of carboxylic acids is 1. The van der Waals surface area contributed by atoms with Crippen LogP contribution < -0.4 is 4.90 Å². The van der Waals surface area contributed by atoms with Crippen LogP contribution in [0.25, 0.3) is 0 Å². The quantitative estimate of drug-likeness (QED) is 0.874. The Kier molecular flexibility index (Phi) is 3.56. The van der Waals surface area contributed by atoms with Gasteiger partial charge >= 0.3 is 5.97 Å². The molecule has 0 spiro atoms. The number of nitrogens with zero attached hydrogens (tertiary/aromatic N) is 2. The highest BCUT2D eigenvalue weighted by molar-refractivity contribution is 5.67. The van der Waals surface area contributed by atoms with Crippen molar-refractivity contribution < 1.29 is 14.3 Å². The third kappa shape index (κ3) is 3.15. The second-order valence-corrected chi connectivity index (χ2v) is 4.36. The van der Waals surface area contributed by atoms with E-state index in [4.69, 9.17) is 5.11 Å². The topological polar surface area (TPSA) is 53.4 Å². The largest absolute Gasteiger partial charge is 0.481 e. The van der Waals surface area contributed by atoms with Gasteiger partial charge in [0.25, 0.3) is 0 Å². The SMILES string of the molecule is O=C(O)CC1CCN(c2ccc(F)cn2)CC1. The van der Waals surface area contributed by atoms with Gasteiger partial charge in [0, 0.05) is 19.5 Å². The van der Waals surface area contributed by atoms with Crippen molar-refractivity contribution in [2.75, 3.05) is 18.0 Å². The van der Waals surface area contributed by atoms with Crippen molar-refractivity contribution in [3.05, 3.63) is 24.1 Å². The summed E-state index contributed by atoms with van der Waals surface area (Å²) in [5.41, 5.74) is 0. The van der Waals surface area contributed by atoms with Crippen molar-refractivity contribution in [1.82, 2.24) is 4.98 Å². The zero-order valence-corrected chi connectivity index (χ0v) is 9.47. The first kappa shape index (κ1) is 11.8. The molecule has 0 atom stereocenters. The van der Waals surface area contributed by atoms with Gasteiger partial charge in [0.1, 0.15) is 11.6 Å². The van der Waals surface area contributed by atoms with Gasteiger partial charge in [0.2, 0.25) is 0 Å². The molecule has 1 fully saturated rings. The number of piperidine rings is 1. The number of hydrogen-bond acceptors (Lipinski definition) is 3. The van der Waals surface area contributed by atoms with Gasteiger partial charge in [-0.2, -0.15) is 0 Å². The average Bonchev–Trinajstić information content (AvgIpc) is 2.30. The lowest BCUT2D eigenvalue weighted by Gasteiger charge is -2.32. The van der Waals surface area contributed by atoms with Crippen LogP contribution in [0.5, 0.6) is 0 Å².